The smallest absolute Gasteiger partial charge is 0.314 e. The molecule has 0 aromatic heterocycles. The van der Waals surface area contributed by atoms with Crippen molar-refractivity contribution in [2.75, 3.05) is 19.0 Å². The second-order valence-electron chi connectivity index (χ2n) is 4.74. The summed E-state index contributed by atoms with van der Waals surface area (Å²) in [4.78, 5) is 22.4. The number of hydrogen-bond donors (Lipinski definition) is 1. The summed E-state index contributed by atoms with van der Waals surface area (Å²) in [5.41, 5.74) is 1.33. The number of nitro benzene ring substituents is 1. The quantitative estimate of drug-likeness (QED) is 0.653. The molecular weight excluding hydrogens is 300 g/mol. The number of carbonyl (C=O) groups is 1. The zero-order chi connectivity index (χ0) is 16.8. The molecule has 0 radical (unpaired) electrons. The van der Waals surface area contributed by atoms with Crippen molar-refractivity contribution in [3.63, 3.8) is 0 Å². The fourth-order valence-electron chi connectivity index (χ4n) is 1.93. The highest BCUT2D eigenvalue weighted by atomic mass is 16.6. The van der Waals surface area contributed by atoms with Crippen molar-refractivity contribution in [3.05, 3.63) is 58.1 Å². The van der Waals surface area contributed by atoms with Gasteiger partial charge in [-0.25, -0.2) is 0 Å². The molecule has 2 aromatic rings. The second kappa shape index (κ2) is 7.26. The molecule has 1 N–H and O–H groups in total. The van der Waals surface area contributed by atoms with Crippen molar-refractivity contribution < 1.29 is 19.2 Å². The van der Waals surface area contributed by atoms with Crippen LogP contribution in [0.1, 0.15) is 5.56 Å². The van der Waals surface area contributed by atoms with Gasteiger partial charge in [0, 0.05) is 5.69 Å². The van der Waals surface area contributed by atoms with E-state index in [1.165, 1.54) is 25.3 Å². The zero-order valence-electron chi connectivity index (χ0n) is 12.7. The van der Waals surface area contributed by atoms with E-state index in [2.05, 4.69) is 5.32 Å². The minimum atomic E-state index is -0.586. The molecule has 2 aromatic carbocycles. The van der Waals surface area contributed by atoms with Gasteiger partial charge in [0.05, 0.1) is 18.1 Å². The Balaban J connectivity index is 2.04. The molecule has 2 rings (SSSR count). The number of amides is 1. The van der Waals surface area contributed by atoms with Gasteiger partial charge in [-0.2, -0.15) is 0 Å². The number of rotatable bonds is 6. The number of nitro groups is 1. The number of ether oxygens (including phenoxy) is 2. The molecule has 0 atom stereocenters. The van der Waals surface area contributed by atoms with E-state index >= 15 is 0 Å². The average molecular weight is 316 g/mol. The van der Waals surface area contributed by atoms with E-state index in [0.717, 1.165) is 5.56 Å². The molecule has 23 heavy (non-hydrogen) atoms. The Labute approximate surface area is 133 Å². The lowest BCUT2D eigenvalue weighted by atomic mass is 10.2. The molecule has 0 unspecified atom stereocenters. The largest absolute Gasteiger partial charge is 0.496 e. The molecule has 0 aliphatic rings. The Hall–Kier alpha value is -3.09. The van der Waals surface area contributed by atoms with Gasteiger partial charge in [0.1, 0.15) is 5.75 Å². The highest BCUT2D eigenvalue weighted by Gasteiger charge is 2.17. The van der Waals surface area contributed by atoms with E-state index in [-0.39, 0.29) is 18.0 Å². The van der Waals surface area contributed by atoms with Crippen molar-refractivity contribution in [2.24, 2.45) is 0 Å². The highest BCUT2D eigenvalue weighted by molar-refractivity contribution is 5.92. The summed E-state index contributed by atoms with van der Waals surface area (Å²) < 4.78 is 10.2. The first-order valence-corrected chi connectivity index (χ1v) is 6.82. The number of aryl methyl sites for hydroxylation is 1. The van der Waals surface area contributed by atoms with Crippen LogP contribution in [-0.2, 0) is 4.79 Å². The third kappa shape index (κ3) is 4.19. The van der Waals surface area contributed by atoms with Crippen LogP contribution in [0.25, 0.3) is 0 Å². The van der Waals surface area contributed by atoms with Crippen molar-refractivity contribution in [1.29, 1.82) is 0 Å². The summed E-state index contributed by atoms with van der Waals surface area (Å²) in [6.07, 6.45) is 0. The number of anilines is 1. The molecule has 0 spiro atoms. The predicted molar refractivity (Wildman–Crippen MR) is 85.0 cm³/mol. The minimum Gasteiger partial charge on any atom is -0.496 e. The van der Waals surface area contributed by atoms with E-state index in [1.54, 1.807) is 12.1 Å². The molecule has 120 valence electrons. The lowest BCUT2D eigenvalue weighted by Gasteiger charge is -2.10. The summed E-state index contributed by atoms with van der Waals surface area (Å²) in [5.74, 6) is -0.0476. The predicted octanol–water partition coefficient (Wildman–Crippen LogP) is 2.93. The van der Waals surface area contributed by atoms with Crippen molar-refractivity contribution in [2.45, 2.75) is 6.92 Å². The van der Waals surface area contributed by atoms with Crippen LogP contribution in [0.4, 0.5) is 11.4 Å². The number of para-hydroxylation sites is 1. The summed E-state index contributed by atoms with van der Waals surface area (Å²) in [6.45, 7) is 1.53. The first kappa shape index (κ1) is 16.3. The van der Waals surface area contributed by atoms with Crippen LogP contribution < -0.4 is 14.8 Å². The maximum atomic E-state index is 11.9. The molecule has 0 saturated heterocycles. The molecule has 0 aliphatic carbocycles. The van der Waals surface area contributed by atoms with E-state index in [4.69, 9.17) is 9.47 Å². The van der Waals surface area contributed by atoms with Gasteiger partial charge >= 0.3 is 5.69 Å². The Kier molecular flexibility index (Phi) is 5.14. The third-order valence-corrected chi connectivity index (χ3v) is 3.14. The number of methoxy groups -OCH3 is 1. The molecule has 7 nitrogen and oxygen atoms in total. The van der Waals surface area contributed by atoms with E-state index in [0.29, 0.717) is 11.4 Å². The molecule has 7 heteroatoms. The molecule has 0 saturated carbocycles. The van der Waals surface area contributed by atoms with E-state index in [9.17, 15) is 14.9 Å². The Bertz CT molecular complexity index is 730. The van der Waals surface area contributed by atoms with Crippen molar-refractivity contribution in [1.82, 2.24) is 0 Å². The molecule has 1 amide bonds. The van der Waals surface area contributed by atoms with Gasteiger partial charge in [-0.1, -0.05) is 18.2 Å². The summed E-state index contributed by atoms with van der Waals surface area (Å²) >= 11 is 0. The lowest BCUT2D eigenvalue weighted by molar-refractivity contribution is -0.385. The standard InChI is InChI=1S/C16H16N2O5/c1-11-5-3-4-6-13(11)17-16(19)10-23-15-8-7-12(22-2)9-14(15)18(20)21/h3-9H,10H2,1-2H3,(H,17,19). The molecule has 0 heterocycles. The Morgan fingerprint density at radius 2 is 2.00 bits per heavy atom. The van der Waals surface area contributed by atoms with Crippen LogP contribution in [-0.4, -0.2) is 24.5 Å². The highest BCUT2D eigenvalue weighted by Crippen LogP contribution is 2.30. The van der Waals surface area contributed by atoms with Gasteiger partial charge in [0.25, 0.3) is 5.91 Å². The normalized spacial score (nSPS) is 10.0. The monoisotopic (exact) mass is 316 g/mol. The topological polar surface area (TPSA) is 90.7 Å². The van der Waals surface area contributed by atoms with Crippen LogP contribution in [0.2, 0.25) is 0 Å². The van der Waals surface area contributed by atoms with Gasteiger partial charge in [-0.05, 0) is 30.7 Å². The lowest BCUT2D eigenvalue weighted by Crippen LogP contribution is -2.20. The molecule has 0 bridgehead atoms. The SMILES string of the molecule is COc1ccc(OCC(=O)Nc2ccccc2C)c([N+](=O)[O-])c1. The average Bonchev–Trinajstić information content (AvgIpc) is 2.54. The first-order chi connectivity index (χ1) is 11.0. The fourth-order valence-corrected chi connectivity index (χ4v) is 1.93. The van der Waals surface area contributed by atoms with Gasteiger partial charge in [-0.15, -0.1) is 0 Å². The maximum absolute atomic E-state index is 11.9. The summed E-state index contributed by atoms with van der Waals surface area (Å²) in [7, 11) is 1.41. The first-order valence-electron chi connectivity index (χ1n) is 6.82. The van der Waals surface area contributed by atoms with Crippen LogP contribution in [0.15, 0.2) is 42.5 Å². The van der Waals surface area contributed by atoms with Gasteiger partial charge in [-0.3, -0.25) is 14.9 Å². The van der Waals surface area contributed by atoms with Crippen LogP contribution in [0, 0.1) is 17.0 Å². The number of hydrogen-bond acceptors (Lipinski definition) is 5. The van der Waals surface area contributed by atoms with E-state index < -0.39 is 10.8 Å². The summed E-state index contributed by atoms with van der Waals surface area (Å²) in [5, 5.41) is 13.7. The number of benzene rings is 2. The van der Waals surface area contributed by atoms with Crippen molar-refractivity contribution in [3.8, 4) is 11.5 Å². The van der Waals surface area contributed by atoms with Crippen LogP contribution >= 0.6 is 0 Å². The van der Waals surface area contributed by atoms with Crippen LogP contribution in [0.5, 0.6) is 11.5 Å². The Morgan fingerprint density at radius 3 is 2.65 bits per heavy atom. The second-order valence-corrected chi connectivity index (χ2v) is 4.74. The fraction of sp³-hybridized carbons (Fsp3) is 0.188. The molecular formula is C16H16N2O5. The minimum absolute atomic E-state index is 0.00994. The number of nitrogens with zero attached hydrogens (tertiary/aromatic N) is 1. The molecule has 0 aliphatic heterocycles. The van der Waals surface area contributed by atoms with Crippen LogP contribution in [0.3, 0.4) is 0 Å². The Morgan fingerprint density at radius 1 is 1.26 bits per heavy atom. The van der Waals surface area contributed by atoms with E-state index in [1.807, 2.05) is 19.1 Å². The molecule has 0 fully saturated rings. The number of nitrogens with one attached hydrogen (secondary N) is 1. The zero-order valence-corrected chi connectivity index (χ0v) is 12.7. The van der Waals surface area contributed by atoms with Gasteiger partial charge in [0.2, 0.25) is 0 Å². The third-order valence-electron chi connectivity index (χ3n) is 3.14. The maximum Gasteiger partial charge on any atom is 0.314 e. The van der Waals surface area contributed by atoms with Gasteiger partial charge in [0.15, 0.2) is 12.4 Å². The van der Waals surface area contributed by atoms with Crippen molar-refractivity contribution >= 4 is 17.3 Å². The summed E-state index contributed by atoms with van der Waals surface area (Å²) in [6, 6.07) is 11.5. The van der Waals surface area contributed by atoms with Gasteiger partial charge < -0.3 is 14.8 Å². The number of carbonyl (C=O) groups excluding carboxylic acids is 1.